The van der Waals surface area contributed by atoms with E-state index in [-0.39, 0.29) is 5.91 Å². The standard InChI is InChI=1S/C19H17BIN3O/c1-13(24(2)19(25)16-5-3-4-6-18(16)21)17(11-23-12-22)14-7-9-15(20)10-8-14/h3-12H,1H2,2H3,(H2,22,23)/b17-11+. The average Bonchev–Trinajstić information content (AvgIpc) is 2.62. The van der Waals surface area contributed by atoms with Gasteiger partial charge in [-0.05, 0) is 40.3 Å². The highest BCUT2D eigenvalue weighted by molar-refractivity contribution is 14.1. The third-order valence-corrected chi connectivity index (χ3v) is 4.58. The average molecular weight is 441 g/mol. The highest BCUT2D eigenvalue weighted by atomic mass is 127. The molecule has 0 aliphatic heterocycles. The number of amides is 1. The van der Waals surface area contributed by atoms with Gasteiger partial charge in [0.15, 0.2) is 0 Å². The summed E-state index contributed by atoms with van der Waals surface area (Å²) < 4.78 is 0.878. The summed E-state index contributed by atoms with van der Waals surface area (Å²) in [6, 6.07) is 14.7. The van der Waals surface area contributed by atoms with Crippen LogP contribution in [0.1, 0.15) is 15.9 Å². The van der Waals surface area contributed by atoms with E-state index in [0.717, 1.165) is 9.13 Å². The molecule has 2 N–H and O–H groups in total. The SMILES string of the molecule is [B]c1ccc(/C(=C/N=CN)C(=C)N(C)C(=O)c2ccccc2I)cc1. The molecule has 4 nitrogen and oxygen atoms in total. The summed E-state index contributed by atoms with van der Waals surface area (Å²) >= 11 is 2.14. The van der Waals surface area contributed by atoms with Gasteiger partial charge in [-0.25, -0.2) is 4.99 Å². The zero-order valence-electron chi connectivity index (χ0n) is 13.8. The molecule has 124 valence electrons. The summed E-state index contributed by atoms with van der Waals surface area (Å²) in [6.07, 6.45) is 2.76. The van der Waals surface area contributed by atoms with Gasteiger partial charge in [-0.1, -0.05) is 48.4 Å². The first-order chi connectivity index (χ1) is 12.0. The number of carbonyl (C=O) groups is 1. The molecule has 0 aliphatic rings. The van der Waals surface area contributed by atoms with Gasteiger partial charge in [0.05, 0.1) is 11.9 Å². The number of benzene rings is 2. The largest absolute Gasteiger partial charge is 0.390 e. The molecule has 0 aliphatic carbocycles. The topological polar surface area (TPSA) is 58.7 Å². The Kier molecular flexibility index (Phi) is 6.58. The monoisotopic (exact) mass is 441 g/mol. The number of nitrogens with two attached hydrogens (primary N) is 1. The smallest absolute Gasteiger partial charge is 0.259 e. The molecule has 2 radical (unpaired) electrons. The van der Waals surface area contributed by atoms with E-state index >= 15 is 0 Å². The molecule has 0 saturated heterocycles. The van der Waals surface area contributed by atoms with E-state index < -0.39 is 0 Å². The van der Waals surface area contributed by atoms with Crippen molar-refractivity contribution >= 4 is 53.7 Å². The molecule has 2 rings (SSSR count). The minimum absolute atomic E-state index is 0.145. The van der Waals surface area contributed by atoms with E-state index in [0.29, 0.717) is 22.3 Å². The number of likely N-dealkylation sites (N-methyl/N-ethyl adjacent to an activating group) is 1. The molecule has 0 spiro atoms. The van der Waals surface area contributed by atoms with Crippen LogP contribution in [-0.2, 0) is 0 Å². The first kappa shape index (κ1) is 19.0. The van der Waals surface area contributed by atoms with Gasteiger partial charge in [0.2, 0.25) is 0 Å². The summed E-state index contributed by atoms with van der Waals surface area (Å²) in [4.78, 5) is 18.3. The summed E-state index contributed by atoms with van der Waals surface area (Å²) in [5, 5.41) is 0. The lowest BCUT2D eigenvalue weighted by Gasteiger charge is -2.22. The Morgan fingerprint density at radius 3 is 2.48 bits per heavy atom. The number of carbonyl (C=O) groups excluding carboxylic acids is 1. The molecule has 25 heavy (non-hydrogen) atoms. The lowest BCUT2D eigenvalue weighted by molar-refractivity contribution is 0.0841. The second-order valence-corrected chi connectivity index (χ2v) is 6.42. The second kappa shape index (κ2) is 8.66. The minimum atomic E-state index is -0.145. The molecular weight excluding hydrogens is 424 g/mol. The Labute approximate surface area is 162 Å². The number of nitrogens with zero attached hydrogens (tertiary/aromatic N) is 2. The Bertz CT molecular complexity index is 844. The second-order valence-electron chi connectivity index (χ2n) is 5.25. The van der Waals surface area contributed by atoms with Gasteiger partial charge >= 0.3 is 0 Å². The molecule has 0 unspecified atom stereocenters. The third kappa shape index (κ3) is 4.60. The minimum Gasteiger partial charge on any atom is -0.390 e. The molecule has 2 aromatic carbocycles. The van der Waals surface area contributed by atoms with E-state index in [4.69, 9.17) is 13.6 Å². The molecule has 0 saturated carbocycles. The first-order valence-corrected chi connectivity index (χ1v) is 8.55. The molecule has 2 aromatic rings. The van der Waals surface area contributed by atoms with Gasteiger partial charge in [-0.15, -0.1) is 0 Å². The molecule has 0 atom stereocenters. The van der Waals surface area contributed by atoms with E-state index in [1.54, 1.807) is 31.4 Å². The van der Waals surface area contributed by atoms with Crippen molar-refractivity contribution in [3.05, 3.63) is 81.7 Å². The van der Waals surface area contributed by atoms with Crippen LogP contribution in [0.5, 0.6) is 0 Å². The predicted molar refractivity (Wildman–Crippen MR) is 113 cm³/mol. The number of hydrogen-bond acceptors (Lipinski definition) is 2. The van der Waals surface area contributed by atoms with Crippen LogP contribution >= 0.6 is 22.6 Å². The Morgan fingerprint density at radius 2 is 1.88 bits per heavy atom. The fraction of sp³-hybridized carbons (Fsp3) is 0.0526. The van der Waals surface area contributed by atoms with Gasteiger partial charge in [0.25, 0.3) is 5.91 Å². The van der Waals surface area contributed by atoms with Crippen molar-refractivity contribution in [2.75, 3.05) is 7.05 Å². The van der Waals surface area contributed by atoms with Crippen molar-refractivity contribution in [2.45, 2.75) is 0 Å². The molecule has 0 heterocycles. The zero-order valence-corrected chi connectivity index (χ0v) is 16.0. The van der Waals surface area contributed by atoms with Gasteiger partial charge in [-0.3, -0.25) is 4.79 Å². The fourth-order valence-electron chi connectivity index (χ4n) is 2.21. The van der Waals surface area contributed by atoms with Crippen molar-refractivity contribution in [1.29, 1.82) is 0 Å². The summed E-state index contributed by atoms with van der Waals surface area (Å²) in [6.45, 7) is 4.07. The number of hydrogen-bond donors (Lipinski definition) is 1. The maximum atomic E-state index is 12.8. The van der Waals surface area contributed by atoms with Gasteiger partial charge in [0, 0.05) is 28.1 Å². The lowest BCUT2D eigenvalue weighted by Crippen LogP contribution is -2.27. The Hall–Kier alpha value is -2.35. The van der Waals surface area contributed by atoms with Crippen LogP contribution in [0, 0.1) is 3.57 Å². The molecule has 6 heteroatoms. The van der Waals surface area contributed by atoms with Crippen LogP contribution in [0.2, 0.25) is 0 Å². The van der Waals surface area contributed by atoms with Crippen molar-refractivity contribution in [3.8, 4) is 0 Å². The van der Waals surface area contributed by atoms with E-state index in [1.165, 1.54) is 11.2 Å². The maximum Gasteiger partial charge on any atom is 0.259 e. The Balaban J connectivity index is 2.37. The fourth-order valence-corrected chi connectivity index (χ4v) is 2.83. The lowest BCUT2D eigenvalue weighted by atomic mass is 9.93. The number of aliphatic imine (C=N–C) groups is 1. The molecular formula is C19H17BIN3O. The van der Waals surface area contributed by atoms with Crippen molar-refractivity contribution in [1.82, 2.24) is 4.90 Å². The van der Waals surface area contributed by atoms with Crippen LogP contribution in [-0.4, -0.2) is 32.0 Å². The van der Waals surface area contributed by atoms with E-state index in [9.17, 15) is 4.79 Å². The highest BCUT2D eigenvalue weighted by Crippen LogP contribution is 2.25. The summed E-state index contributed by atoms with van der Waals surface area (Å²) in [5.41, 5.74) is 8.66. The third-order valence-electron chi connectivity index (χ3n) is 3.64. The van der Waals surface area contributed by atoms with Crippen LogP contribution in [0.15, 0.2) is 72.0 Å². The highest BCUT2D eigenvalue weighted by Gasteiger charge is 2.19. The molecule has 0 bridgehead atoms. The van der Waals surface area contributed by atoms with Gasteiger partial charge in [0.1, 0.15) is 7.85 Å². The van der Waals surface area contributed by atoms with Crippen molar-refractivity contribution < 1.29 is 4.79 Å². The van der Waals surface area contributed by atoms with Crippen LogP contribution in [0.4, 0.5) is 0 Å². The van der Waals surface area contributed by atoms with E-state index in [2.05, 4.69) is 34.2 Å². The summed E-state index contributed by atoms with van der Waals surface area (Å²) in [5.74, 6) is -0.145. The van der Waals surface area contributed by atoms with Crippen LogP contribution in [0.3, 0.4) is 0 Å². The zero-order chi connectivity index (χ0) is 18.4. The van der Waals surface area contributed by atoms with Gasteiger partial charge in [-0.2, -0.15) is 0 Å². The molecule has 1 amide bonds. The Morgan fingerprint density at radius 1 is 1.24 bits per heavy atom. The number of allylic oxidation sites excluding steroid dienone is 1. The maximum absolute atomic E-state index is 12.8. The van der Waals surface area contributed by atoms with Crippen LogP contribution < -0.4 is 11.2 Å². The summed E-state index contributed by atoms with van der Waals surface area (Å²) in [7, 11) is 7.43. The van der Waals surface area contributed by atoms with Crippen molar-refractivity contribution in [3.63, 3.8) is 0 Å². The number of rotatable bonds is 5. The normalized spacial score (nSPS) is 11.5. The molecule has 0 aromatic heterocycles. The van der Waals surface area contributed by atoms with E-state index in [1.807, 2.05) is 30.3 Å². The quantitative estimate of drug-likeness (QED) is 0.255. The number of halogens is 1. The van der Waals surface area contributed by atoms with Gasteiger partial charge < -0.3 is 10.6 Å². The molecule has 0 fully saturated rings. The first-order valence-electron chi connectivity index (χ1n) is 7.47. The van der Waals surface area contributed by atoms with Crippen LogP contribution in [0.25, 0.3) is 5.57 Å². The van der Waals surface area contributed by atoms with Crippen molar-refractivity contribution in [2.24, 2.45) is 10.7 Å². The predicted octanol–water partition coefficient (Wildman–Crippen LogP) is 2.70.